The first-order chi connectivity index (χ1) is 7.92. The van der Waals surface area contributed by atoms with E-state index in [9.17, 15) is 0 Å². The summed E-state index contributed by atoms with van der Waals surface area (Å²) >= 11 is 0. The van der Waals surface area contributed by atoms with Crippen molar-refractivity contribution in [1.29, 1.82) is 0 Å². The van der Waals surface area contributed by atoms with E-state index in [0.29, 0.717) is 0 Å². The van der Waals surface area contributed by atoms with Crippen LogP contribution in [-0.2, 0) is 6.54 Å². The zero-order chi connectivity index (χ0) is 11.2. The van der Waals surface area contributed by atoms with Gasteiger partial charge in [-0.1, -0.05) is 6.08 Å². The van der Waals surface area contributed by atoms with Gasteiger partial charge in [-0.3, -0.25) is 10.1 Å². The molecule has 0 aliphatic carbocycles. The van der Waals surface area contributed by atoms with Gasteiger partial charge in [0, 0.05) is 36.6 Å². The van der Waals surface area contributed by atoms with Crippen LogP contribution in [-0.4, -0.2) is 21.7 Å². The summed E-state index contributed by atoms with van der Waals surface area (Å²) in [6.45, 7) is 5.22. The van der Waals surface area contributed by atoms with Gasteiger partial charge in [-0.2, -0.15) is 5.10 Å². The van der Waals surface area contributed by atoms with Crippen LogP contribution in [0.1, 0.15) is 5.56 Å². The minimum absolute atomic E-state index is 0.771. The molecule has 0 spiro atoms. The number of nitrogens with one attached hydrogen (secondary N) is 2. The van der Waals surface area contributed by atoms with Gasteiger partial charge in [-0.25, -0.2) is 0 Å². The summed E-state index contributed by atoms with van der Waals surface area (Å²) in [6, 6.07) is 3.93. The lowest BCUT2D eigenvalue weighted by Crippen LogP contribution is -2.12. The van der Waals surface area contributed by atoms with Gasteiger partial charge in [-0.05, 0) is 12.1 Å². The van der Waals surface area contributed by atoms with Crippen molar-refractivity contribution in [1.82, 2.24) is 20.5 Å². The summed E-state index contributed by atoms with van der Waals surface area (Å²) in [7, 11) is 0. The van der Waals surface area contributed by atoms with Crippen LogP contribution in [0.15, 0.2) is 43.4 Å². The highest BCUT2D eigenvalue weighted by Gasteiger charge is 2.06. The number of aromatic nitrogens is 3. The molecule has 2 rings (SSSR count). The molecular formula is C12H14N4. The lowest BCUT2D eigenvalue weighted by molar-refractivity contribution is 0.762. The van der Waals surface area contributed by atoms with Gasteiger partial charge in [0.15, 0.2) is 0 Å². The maximum atomic E-state index is 4.09. The molecule has 4 heteroatoms. The van der Waals surface area contributed by atoms with Crippen LogP contribution in [0, 0.1) is 0 Å². The standard InChI is InChI=1S/C12H14N4/c1-2-5-13-8-11-9-15-16-12(11)10-4-3-6-14-7-10/h2-4,6-7,9,13H,1,5,8H2,(H,15,16). The van der Waals surface area contributed by atoms with Crippen LogP contribution in [0.5, 0.6) is 0 Å². The molecule has 16 heavy (non-hydrogen) atoms. The number of rotatable bonds is 5. The van der Waals surface area contributed by atoms with E-state index in [-0.39, 0.29) is 0 Å². The first-order valence-corrected chi connectivity index (χ1v) is 5.16. The van der Waals surface area contributed by atoms with Gasteiger partial charge >= 0.3 is 0 Å². The molecule has 0 saturated heterocycles. The van der Waals surface area contributed by atoms with Crippen LogP contribution in [0.25, 0.3) is 11.3 Å². The summed E-state index contributed by atoms with van der Waals surface area (Å²) in [4.78, 5) is 4.09. The first-order valence-electron chi connectivity index (χ1n) is 5.16. The molecule has 82 valence electrons. The Kier molecular flexibility index (Phi) is 3.46. The highest BCUT2D eigenvalue weighted by Crippen LogP contribution is 2.19. The van der Waals surface area contributed by atoms with Crippen LogP contribution >= 0.6 is 0 Å². The molecule has 0 bridgehead atoms. The molecule has 0 aliphatic rings. The first kappa shape index (κ1) is 10.6. The molecule has 2 aromatic heterocycles. The number of nitrogens with zero attached hydrogens (tertiary/aromatic N) is 2. The highest BCUT2D eigenvalue weighted by atomic mass is 15.1. The van der Waals surface area contributed by atoms with Crippen molar-refractivity contribution >= 4 is 0 Å². The molecule has 2 N–H and O–H groups in total. The quantitative estimate of drug-likeness (QED) is 0.589. The number of aromatic amines is 1. The van der Waals surface area contributed by atoms with Crippen molar-refractivity contribution in [3.05, 3.63) is 48.9 Å². The Morgan fingerprint density at radius 1 is 1.44 bits per heavy atom. The molecular weight excluding hydrogens is 200 g/mol. The molecule has 2 heterocycles. The van der Waals surface area contributed by atoms with Gasteiger partial charge in [0.2, 0.25) is 0 Å². The van der Waals surface area contributed by atoms with E-state index < -0.39 is 0 Å². The second kappa shape index (κ2) is 5.23. The summed E-state index contributed by atoms with van der Waals surface area (Å²) in [5, 5.41) is 10.3. The third-order valence-corrected chi connectivity index (χ3v) is 2.27. The minimum atomic E-state index is 0.771. The lowest BCUT2D eigenvalue weighted by atomic mass is 10.1. The van der Waals surface area contributed by atoms with E-state index in [4.69, 9.17) is 0 Å². The maximum absolute atomic E-state index is 4.09. The molecule has 0 fully saturated rings. The predicted octanol–water partition coefficient (Wildman–Crippen LogP) is 1.75. The second-order valence-electron chi connectivity index (χ2n) is 3.43. The maximum Gasteiger partial charge on any atom is 0.0710 e. The van der Waals surface area contributed by atoms with Gasteiger partial charge in [0.05, 0.1) is 11.9 Å². The van der Waals surface area contributed by atoms with Crippen LogP contribution in [0.2, 0.25) is 0 Å². The fourth-order valence-corrected chi connectivity index (χ4v) is 1.51. The van der Waals surface area contributed by atoms with E-state index in [1.54, 1.807) is 6.20 Å². The van der Waals surface area contributed by atoms with Crippen molar-refractivity contribution in [3.63, 3.8) is 0 Å². The Hall–Kier alpha value is -1.94. The smallest absolute Gasteiger partial charge is 0.0710 e. The SMILES string of the molecule is C=CCNCc1cn[nH]c1-c1cccnc1. The van der Waals surface area contributed by atoms with Gasteiger partial charge < -0.3 is 5.32 Å². The second-order valence-corrected chi connectivity index (χ2v) is 3.43. The average molecular weight is 214 g/mol. The molecule has 4 nitrogen and oxygen atoms in total. The highest BCUT2D eigenvalue weighted by molar-refractivity contribution is 5.61. The molecule has 0 aromatic carbocycles. The van der Waals surface area contributed by atoms with E-state index in [1.807, 2.05) is 30.6 Å². The zero-order valence-corrected chi connectivity index (χ0v) is 8.98. The molecule has 0 atom stereocenters. The van der Waals surface area contributed by atoms with Crippen molar-refractivity contribution in [2.24, 2.45) is 0 Å². The normalized spacial score (nSPS) is 10.2. The number of hydrogen-bond acceptors (Lipinski definition) is 3. The van der Waals surface area contributed by atoms with Crippen LogP contribution in [0.3, 0.4) is 0 Å². The van der Waals surface area contributed by atoms with Crippen molar-refractivity contribution in [3.8, 4) is 11.3 Å². The summed E-state index contributed by atoms with van der Waals surface area (Å²) in [5.74, 6) is 0. The van der Waals surface area contributed by atoms with Crippen molar-refractivity contribution in [2.75, 3.05) is 6.54 Å². The van der Waals surface area contributed by atoms with Crippen molar-refractivity contribution < 1.29 is 0 Å². The summed E-state index contributed by atoms with van der Waals surface area (Å²) in [6.07, 6.45) is 7.25. The molecule has 0 aliphatic heterocycles. The van der Waals surface area contributed by atoms with E-state index in [2.05, 4.69) is 27.1 Å². The fraction of sp³-hybridized carbons (Fsp3) is 0.167. The molecule has 2 aromatic rings. The number of hydrogen-bond donors (Lipinski definition) is 2. The average Bonchev–Trinajstić information content (AvgIpc) is 2.79. The molecule has 0 radical (unpaired) electrons. The van der Waals surface area contributed by atoms with Crippen LogP contribution in [0.4, 0.5) is 0 Å². The molecule has 0 saturated carbocycles. The molecule has 0 unspecified atom stereocenters. The Balaban J connectivity index is 2.16. The lowest BCUT2D eigenvalue weighted by Gasteiger charge is -2.03. The third-order valence-electron chi connectivity index (χ3n) is 2.27. The Morgan fingerprint density at radius 2 is 2.38 bits per heavy atom. The van der Waals surface area contributed by atoms with Crippen molar-refractivity contribution in [2.45, 2.75) is 6.54 Å². The minimum Gasteiger partial charge on any atom is -0.309 e. The Morgan fingerprint density at radius 3 is 3.12 bits per heavy atom. The topological polar surface area (TPSA) is 53.6 Å². The van der Waals surface area contributed by atoms with Gasteiger partial charge in [-0.15, -0.1) is 6.58 Å². The van der Waals surface area contributed by atoms with Crippen LogP contribution < -0.4 is 5.32 Å². The summed E-state index contributed by atoms with van der Waals surface area (Å²) < 4.78 is 0. The third kappa shape index (κ3) is 2.35. The predicted molar refractivity (Wildman–Crippen MR) is 63.7 cm³/mol. The van der Waals surface area contributed by atoms with E-state index >= 15 is 0 Å². The fourth-order valence-electron chi connectivity index (χ4n) is 1.51. The number of pyridine rings is 1. The monoisotopic (exact) mass is 214 g/mol. The Labute approximate surface area is 94.4 Å². The number of H-pyrrole nitrogens is 1. The summed E-state index contributed by atoms with van der Waals surface area (Å²) in [5.41, 5.74) is 3.20. The van der Waals surface area contributed by atoms with E-state index in [0.717, 1.165) is 29.9 Å². The Bertz CT molecular complexity index is 447. The molecule has 0 amide bonds. The van der Waals surface area contributed by atoms with E-state index in [1.165, 1.54) is 0 Å². The van der Waals surface area contributed by atoms with Gasteiger partial charge in [0.1, 0.15) is 0 Å². The zero-order valence-electron chi connectivity index (χ0n) is 8.98. The van der Waals surface area contributed by atoms with Gasteiger partial charge in [0.25, 0.3) is 0 Å². The largest absolute Gasteiger partial charge is 0.309 e.